The van der Waals surface area contributed by atoms with Gasteiger partial charge in [0.2, 0.25) is 0 Å². The van der Waals surface area contributed by atoms with Crippen molar-refractivity contribution >= 4 is 11.3 Å². The molecule has 0 radical (unpaired) electrons. The van der Waals surface area contributed by atoms with E-state index in [2.05, 4.69) is 30.2 Å². The highest BCUT2D eigenvalue weighted by Gasteiger charge is 2.18. The molecule has 0 saturated heterocycles. The number of hydrogen-bond donors (Lipinski definition) is 0. The van der Waals surface area contributed by atoms with Crippen molar-refractivity contribution in [2.45, 2.75) is 64.9 Å². The number of Topliss-reactive ketones (excluding diaryl/α,β-unsaturated/α-hetero) is 1. The Morgan fingerprint density at radius 1 is 1.18 bits per heavy atom. The number of carbonyl (C=O) groups is 1. The average molecular weight is 377 g/mol. The zero-order valence-electron chi connectivity index (χ0n) is 16.8. The van der Waals surface area contributed by atoms with Crippen LogP contribution < -0.4 is 4.74 Å². The van der Waals surface area contributed by atoms with Crippen LogP contribution in [0.2, 0.25) is 0 Å². The quantitative estimate of drug-likeness (QED) is 0.554. The number of aromatic nitrogens is 2. The number of pyridine rings is 1. The lowest BCUT2D eigenvalue weighted by molar-refractivity contribution is -0.116. The SMILES string of the molecule is CC(=O)CCc1cc2cc(OCc3ccc(C4CCCC4)c(C)c3)ccn2n1. The summed E-state index contributed by atoms with van der Waals surface area (Å²) in [4.78, 5) is 11.2. The Morgan fingerprint density at radius 2 is 2.00 bits per heavy atom. The highest BCUT2D eigenvalue weighted by Crippen LogP contribution is 2.35. The van der Waals surface area contributed by atoms with Crippen LogP contribution >= 0.6 is 0 Å². The van der Waals surface area contributed by atoms with Crippen LogP contribution in [0.3, 0.4) is 0 Å². The topological polar surface area (TPSA) is 43.6 Å². The van der Waals surface area contributed by atoms with Crippen LogP contribution in [0.15, 0.2) is 42.6 Å². The second-order valence-corrected chi connectivity index (χ2v) is 8.03. The van der Waals surface area contributed by atoms with Crippen LogP contribution in [0.5, 0.6) is 5.75 Å². The van der Waals surface area contributed by atoms with Crippen molar-refractivity contribution in [2.75, 3.05) is 0 Å². The third kappa shape index (κ3) is 4.27. The Balaban J connectivity index is 1.42. The number of carbonyl (C=O) groups excluding carboxylic acids is 1. The van der Waals surface area contributed by atoms with Gasteiger partial charge in [-0.2, -0.15) is 5.10 Å². The molecule has 1 fully saturated rings. The van der Waals surface area contributed by atoms with Crippen LogP contribution in [0.25, 0.3) is 5.52 Å². The molecule has 1 aliphatic rings. The summed E-state index contributed by atoms with van der Waals surface area (Å²) in [5.74, 6) is 1.77. The highest BCUT2D eigenvalue weighted by atomic mass is 16.5. The Morgan fingerprint density at radius 3 is 2.75 bits per heavy atom. The van der Waals surface area contributed by atoms with Gasteiger partial charge >= 0.3 is 0 Å². The summed E-state index contributed by atoms with van der Waals surface area (Å²) in [5.41, 5.74) is 6.03. The fourth-order valence-electron chi connectivity index (χ4n) is 4.23. The molecule has 3 aromatic rings. The number of nitrogens with zero attached hydrogens (tertiary/aromatic N) is 2. The lowest BCUT2D eigenvalue weighted by atomic mass is 9.92. The molecule has 4 rings (SSSR count). The van der Waals surface area contributed by atoms with Crippen molar-refractivity contribution in [2.24, 2.45) is 0 Å². The number of benzene rings is 1. The molecule has 1 aliphatic carbocycles. The molecular weight excluding hydrogens is 348 g/mol. The van der Waals surface area contributed by atoms with E-state index in [9.17, 15) is 4.79 Å². The minimum absolute atomic E-state index is 0.190. The summed E-state index contributed by atoms with van der Waals surface area (Å²) in [7, 11) is 0. The van der Waals surface area contributed by atoms with E-state index in [0.717, 1.165) is 22.9 Å². The fraction of sp³-hybridized carbons (Fsp3) is 0.417. The van der Waals surface area contributed by atoms with E-state index in [1.54, 1.807) is 6.92 Å². The Kier molecular flexibility index (Phi) is 5.47. The first kappa shape index (κ1) is 18.7. The summed E-state index contributed by atoms with van der Waals surface area (Å²) >= 11 is 0. The molecule has 146 valence electrons. The Bertz CT molecular complexity index is 983. The molecule has 1 aromatic carbocycles. The second kappa shape index (κ2) is 8.17. The summed E-state index contributed by atoms with van der Waals surface area (Å²) < 4.78 is 7.87. The van der Waals surface area contributed by atoms with Crippen molar-refractivity contribution in [3.05, 3.63) is 65.0 Å². The summed E-state index contributed by atoms with van der Waals surface area (Å²) in [6, 6.07) is 12.7. The van der Waals surface area contributed by atoms with E-state index in [0.29, 0.717) is 19.4 Å². The Labute approximate surface area is 166 Å². The molecule has 0 amide bonds. The number of hydrogen-bond acceptors (Lipinski definition) is 3. The maximum absolute atomic E-state index is 11.2. The normalized spacial score (nSPS) is 14.6. The molecule has 0 unspecified atom stereocenters. The Hall–Kier alpha value is -2.62. The van der Waals surface area contributed by atoms with Crippen LogP contribution in [-0.4, -0.2) is 15.4 Å². The molecule has 0 aliphatic heterocycles. The van der Waals surface area contributed by atoms with Crippen molar-refractivity contribution < 1.29 is 9.53 Å². The molecule has 28 heavy (non-hydrogen) atoms. The van der Waals surface area contributed by atoms with Crippen LogP contribution in [0.4, 0.5) is 0 Å². The van der Waals surface area contributed by atoms with E-state index < -0.39 is 0 Å². The smallest absolute Gasteiger partial charge is 0.130 e. The molecule has 1 saturated carbocycles. The van der Waals surface area contributed by atoms with Gasteiger partial charge in [0.15, 0.2) is 0 Å². The predicted molar refractivity (Wildman–Crippen MR) is 111 cm³/mol. The molecular formula is C24H28N2O2. The molecule has 2 heterocycles. The molecule has 0 spiro atoms. The maximum atomic E-state index is 11.2. The first-order valence-corrected chi connectivity index (χ1v) is 10.3. The lowest BCUT2D eigenvalue weighted by Gasteiger charge is -2.15. The summed E-state index contributed by atoms with van der Waals surface area (Å²) in [6.45, 7) is 4.40. The minimum atomic E-state index is 0.190. The van der Waals surface area contributed by atoms with Crippen molar-refractivity contribution in [1.82, 2.24) is 9.61 Å². The third-order valence-corrected chi connectivity index (χ3v) is 5.75. The van der Waals surface area contributed by atoms with E-state index in [4.69, 9.17) is 4.74 Å². The molecule has 0 N–H and O–H groups in total. The van der Waals surface area contributed by atoms with Crippen LogP contribution in [0, 0.1) is 6.92 Å². The molecule has 0 bridgehead atoms. The monoisotopic (exact) mass is 376 g/mol. The van der Waals surface area contributed by atoms with Gasteiger partial charge in [0.1, 0.15) is 18.1 Å². The van der Waals surface area contributed by atoms with Crippen LogP contribution in [-0.2, 0) is 17.8 Å². The van der Waals surface area contributed by atoms with E-state index in [1.165, 1.54) is 42.4 Å². The third-order valence-electron chi connectivity index (χ3n) is 5.75. The zero-order chi connectivity index (χ0) is 19.5. The average Bonchev–Trinajstić information content (AvgIpc) is 3.34. The number of ether oxygens (including phenoxy) is 1. The van der Waals surface area contributed by atoms with Crippen molar-refractivity contribution in [1.29, 1.82) is 0 Å². The molecule has 4 nitrogen and oxygen atoms in total. The van der Waals surface area contributed by atoms with E-state index in [1.807, 2.05) is 28.9 Å². The van der Waals surface area contributed by atoms with Gasteiger partial charge in [-0.15, -0.1) is 0 Å². The van der Waals surface area contributed by atoms with Gasteiger partial charge in [0, 0.05) is 18.7 Å². The minimum Gasteiger partial charge on any atom is -0.489 e. The van der Waals surface area contributed by atoms with Gasteiger partial charge in [-0.3, -0.25) is 0 Å². The van der Waals surface area contributed by atoms with Gasteiger partial charge in [-0.05, 0) is 67.9 Å². The maximum Gasteiger partial charge on any atom is 0.130 e. The first-order chi connectivity index (χ1) is 13.6. The molecule has 0 atom stereocenters. The van der Waals surface area contributed by atoms with E-state index >= 15 is 0 Å². The van der Waals surface area contributed by atoms with Gasteiger partial charge in [-0.1, -0.05) is 31.0 Å². The largest absolute Gasteiger partial charge is 0.489 e. The molecule has 4 heteroatoms. The summed E-state index contributed by atoms with van der Waals surface area (Å²) in [6.07, 6.45) is 8.51. The second-order valence-electron chi connectivity index (χ2n) is 8.03. The van der Waals surface area contributed by atoms with E-state index in [-0.39, 0.29) is 5.78 Å². The van der Waals surface area contributed by atoms with Gasteiger partial charge in [0.25, 0.3) is 0 Å². The van der Waals surface area contributed by atoms with Gasteiger partial charge < -0.3 is 9.53 Å². The first-order valence-electron chi connectivity index (χ1n) is 10.3. The van der Waals surface area contributed by atoms with Gasteiger partial charge in [-0.25, -0.2) is 4.52 Å². The fourth-order valence-corrected chi connectivity index (χ4v) is 4.23. The van der Waals surface area contributed by atoms with Crippen LogP contribution in [0.1, 0.15) is 67.3 Å². The van der Waals surface area contributed by atoms with Gasteiger partial charge in [0.05, 0.1) is 11.2 Å². The number of ketones is 1. The zero-order valence-corrected chi connectivity index (χ0v) is 16.8. The molecule has 2 aromatic heterocycles. The van der Waals surface area contributed by atoms with Crippen molar-refractivity contribution in [3.8, 4) is 5.75 Å². The van der Waals surface area contributed by atoms with Crippen molar-refractivity contribution in [3.63, 3.8) is 0 Å². The number of aryl methyl sites for hydroxylation is 2. The number of rotatable bonds is 7. The summed E-state index contributed by atoms with van der Waals surface area (Å²) in [5, 5.41) is 4.51. The predicted octanol–water partition coefficient (Wildman–Crippen LogP) is 5.40. The highest BCUT2D eigenvalue weighted by molar-refractivity contribution is 5.75. The standard InChI is InChI=1S/C24H28N2O2/c1-17-13-19(8-10-24(17)20-5-3-4-6-20)16-28-23-11-12-26-22(15-23)14-21(25-26)9-7-18(2)27/h8,10-15,20H,3-7,9,16H2,1-2H3. The lowest BCUT2D eigenvalue weighted by Crippen LogP contribution is -2.00. The number of fused-ring (bicyclic) bond motifs is 1.